The molecule has 0 unspecified atom stereocenters. The van der Waals surface area contributed by atoms with Gasteiger partial charge in [0.25, 0.3) is 0 Å². The zero-order chi connectivity index (χ0) is 19.1. The Morgan fingerprint density at radius 2 is 1.89 bits per heavy atom. The summed E-state index contributed by atoms with van der Waals surface area (Å²) in [6.07, 6.45) is 13.9. The summed E-state index contributed by atoms with van der Waals surface area (Å²) in [6, 6.07) is 2.15. The molecule has 1 aromatic heterocycles. The van der Waals surface area contributed by atoms with Gasteiger partial charge >= 0.3 is 0 Å². The average molecular weight is 380 g/mol. The van der Waals surface area contributed by atoms with E-state index in [1.807, 2.05) is 0 Å². The Balaban J connectivity index is 1.18. The zero-order valence-corrected chi connectivity index (χ0v) is 16.4. The second-order valence-corrected chi connectivity index (χ2v) is 9.30. The molecular weight excluding hydrogens is 350 g/mol. The van der Waals surface area contributed by atoms with E-state index in [2.05, 4.69) is 26.3 Å². The molecule has 4 aliphatic rings. The lowest BCUT2D eigenvalue weighted by Crippen LogP contribution is -2.54. The van der Waals surface area contributed by atoms with Gasteiger partial charge < -0.3 is 10.2 Å². The van der Waals surface area contributed by atoms with Gasteiger partial charge in [0.15, 0.2) is 11.5 Å². The first-order valence-electron chi connectivity index (χ1n) is 11.0. The van der Waals surface area contributed by atoms with Gasteiger partial charge in [-0.2, -0.15) is 5.26 Å². The molecule has 2 heterocycles. The molecule has 1 aliphatic heterocycles. The highest BCUT2D eigenvalue weighted by Gasteiger charge is 2.54. The van der Waals surface area contributed by atoms with Crippen molar-refractivity contribution in [2.75, 3.05) is 18.0 Å². The molecular formula is C22H29N5O. The molecule has 4 fully saturated rings. The molecule has 0 bridgehead atoms. The Hall–Kier alpha value is -2.16. The van der Waals surface area contributed by atoms with E-state index in [1.54, 1.807) is 12.4 Å². The molecule has 1 N–H and O–H groups in total. The first kappa shape index (κ1) is 17.9. The molecule has 3 atom stereocenters. The number of piperidine rings is 1. The predicted molar refractivity (Wildman–Crippen MR) is 105 cm³/mol. The topological polar surface area (TPSA) is 81.9 Å². The van der Waals surface area contributed by atoms with Crippen LogP contribution in [0.15, 0.2) is 12.4 Å². The van der Waals surface area contributed by atoms with Crippen molar-refractivity contribution >= 4 is 11.7 Å². The average Bonchev–Trinajstić information content (AvgIpc) is 3.49. The zero-order valence-electron chi connectivity index (χ0n) is 16.4. The fourth-order valence-corrected chi connectivity index (χ4v) is 6.06. The highest BCUT2D eigenvalue weighted by Crippen LogP contribution is 2.51. The number of carbonyl (C=O) groups excluding carboxylic acids is 1. The third-order valence-electron chi connectivity index (χ3n) is 7.90. The van der Waals surface area contributed by atoms with Gasteiger partial charge in [0.1, 0.15) is 6.07 Å². The van der Waals surface area contributed by atoms with Crippen LogP contribution in [0.1, 0.15) is 63.5 Å². The molecule has 6 heteroatoms. The number of anilines is 1. The second kappa shape index (κ2) is 7.02. The summed E-state index contributed by atoms with van der Waals surface area (Å²) in [6.45, 7) is 1.76. The van der Waals surface area contributed by atoms with Gasteiger partial charge in [0, 0.05) is 36.9 Å². The van der Waals surface area contributed by atoms with Crippen LogP contribution in [0.25, 0.3) is 0 Å². The SMILES string of the molecule is N#Cc1nccnc1N1CCC(C2(NC(=O)[C@@H]3C[C@@H]4CCCC[C@@H]43)CC2)CC1. The molecule has 1 aromatic rings. The number of amides is 1. The number of rotatable bonds is 4. The first-order chi connectivity index (χ1) is 13.7. The van der Waals surface area contributed by atoms with Crippen LogP contribution in [0.5, 0.6) is 0 Å². The summed E-state index contributed by atoms with van der Waals surface area (Å²) in [4.78, 5) is 23.7. The quantitative estimate of drug-likeness (QED) is 0.869. The lowest BCUT2D eigenvalue weighted by atomic mass is 9.58. The molecule has 148 valence electrons. The molecule has 3 saturated carbocycles. The standard InChI is InChI=1S/C22H29N5O/c23-14-19-20(25-10-9-24-19)27-11-5-16(6-12-27)22(7-8-22)26-21(28)18-13-15-3-1-2-4-17(15)18/h9-10,15-18H,1-8,11-13H2,(H,26,28)/t15-,17-,18+/m0/s1. The Bertz CT molecular complexity index is 790. The normalized spacial score (nSPS) is 31.2. The monoisotopic (exact) mass is 379 g/mol. The van der Waals surface area contributed by atoms with Crippen LogP contribution in [-0.2, 0) is 4.79 Å². The molecule has 1 saturated heterocycles. The van der Waals surface area contributed by atoms with Crippen LogP contribution in [0, 0.1) is 35.0 Å². The van der Waals surface area contributed by atoms with E-state index in [-0.39, 0.29) is 11.5 Å². The molecule has 28 heavy (non-hydrogen) atoms. The van der Waals surface area contributed by atoms with E-state index in [0.717, 1.165) is 51.1 Å². The van der Waals surface area contributed by atoms with Crippen LogP contribution in [0.3, 0.4) is 0 Å². The number of nitriles is 1. The van der Waals surface area contributed by atoms with Crippen molar-refractivity contribution in [2.45, 2.75) is 63.3 Å². The molecule has 1 amide bonds. The minimum absolute atomic E-state index is 0.0450. The first-order valence-corrected chi connectivity index (χ1v) is 11.0. The molecule has 5 rings (SSSR count). The van der Waals surface area contributed by atoms with Crippen LogP contribution in [0.4, 0.5) is 5.82 Å². The maximum atomic E-state index is 13.0. The lowest BCUT2D eigenvalue weighted by molar-refractivity contribution is -0.136. The molecule has 6 nitrogen and oxygen atoms in total. The van der Waals surface area contributed by atoms with E-state index >= 15 is 0 Å². The highest BCUT2D eigenvalue weighted by atomic mass is 16.2. The van der Waals surface area contributed by atoms with Crippen LogP contribution in [0.2, 0.25) is 0 Å². The molecule has 0 spiro atoms. The maximum absolute atomic E-state index is 13.0. The van der Waals surface area contributed by atoms with Gasteiger partial charge in [0.05, 0.1) is 0 Å². The van der Waals surface area contributed by atoms with E-state index in [9.17, 15) is 10.1 Å². The van der Waals surface area contributed by atoms with Gasteiger partial charge in [-0.15, -0.1) is 0 Å². The molecule has 0 aromatic carbocycles. The third-order valence-corrected chi connectivity index (χ3v) is 7.90. The van der Waals surface area contributed by atoms with Gasteiger partial charge in [-0.25, -0.2) is 9.97 Å². The van der Waals surface area contributed by atoms with Gasteiger partial charge in [0.2, 0.25) is 5.91 Å². The lowest BCUT2D eigenvalue weighted by Gasteiger charge is -2.48. The van der Waals surface area contributed by atoms with Crippen LogP contribution < -0.4 is 10.2 Å². The predicted octanol–water partition coefficient (Wildman–Crippen LogP) is 3.04. The van der Waals surface area contributed by atoms with Crippen molar-refractivity contribution in [1.29, 1.82) is 5.26 Å². The third kappa shape index (κ3) is 3.05. The summed E-state index contributed by atoms with van der Waals surface area (Å²) >= 11 is 0. The molecule has 3 aliphatic carbocycles. The largest absolute Gasteiger partial charge is 0.354 e. The number of nitrogens with one attached hydrogen (secondary N) is 1. The Morgan fingerprint density at radius 1 is 1.14 bits per heavy atom. The van der Waals surface area contributed by atoms with E-state index in [1.165, 1.54) is 25.7 Å². The van der Waals surface area contributed by atoms with Crippen molar-refractivity contribution in [3.05, 3.63) is 18.1 Å². The Kier molecular flexibility index (Phi) is 4.49. The minimum atomic E-state index is 0.0450. The summed E-state index contributed by atoms with van der Waals surface area (Å²) in [7, 11) is 0. The summed E-state index contributed by atoms with van der Waals surface area (Å²) in [5.41, 5.74) is 0.450. The number of aromatic nitrogens is 2. The fourth-order valence-electron chi connectivity index (χ4n) is 6.06. The summed E-state index contributed by atoms with van der Waals surface area (Å²) in [5, 5.41) is 12.8. The van der Waals surface area contributed by atoms with Crippen molar-refractivity contribution in [1.82, 2.24) is 15.3 Å². The number of hydrogen-bond acceptors (Lipinski definition) is 5. The van der Waals surface area contributed by atoms with Crippen molar-refractivity contribution in [3.63, 3.8) is 0 Å². The second-order valence-electron chi connectivity index (χ2n) is 9.30. The number of carbonyl (C=O) groups is 1. The van der Waals surface area contributed by atoms with Gasteiger partial charge in [-0.3, -0.25) is 4.79 Å². The van der Waals surface area contributed by atoms with Crippen molar-refractivity contribution in [2.24, 2.45) is 23.7 Å². The van der Waals surface area contributed by atoms with Crippen molar-refractivity contribution < 1.29 is 4.79 Å². The maximum Gasteiger partial charge on any atom is 0.223 e. The molecule has 0 radical (unpaired) electrons. The minimum Gasteiger partial charge on any atom is -0.354 e. The smallest absolute Gasteiger partial charge is 0.223 e. The van der Waals surface area contributed by atoms with Gasteiger partial charge in [-0.1, -0.05) is 19.3 Å². The number of nitrogens with zero attached hydrogens (tertiary/aromatic N) is 4. The van der Waals surface area contributed by atoms with E-state index in [4.69, 9.17) is 0 Å². The fraction of sp³-hybridized carbons (Fsp3) is 0.727. The van der Waals surface area contributed by atoms with Crippen LogP contribution in [-0.4, -0.2) is 34.5 Å². The van der Waals surface area contributed by atoms with Gasteiger partial charge in [-0.05, 0) is 56.3 Å². The van der Waals surface area contributed by atoms with E-state index in [0.29, 0.717) is 29.3 Å². The summed E-state index contributed by atoms with van der Waals surface area (Å²) in [5.74, 6) is 3.34. The highest BCUT2D eigenvalue weighted by molar-refractivity contribution is 5.81. The number of fused-ring (bicyclic) bond motifs is 1. The Labute approximate surface area is 166 Å². The Morgan fingerprint density at radius 3 is 2.61 bits per heavy atom. The van der Waals surface area contributed by atoms with E-state index < -0.39 is 0 Å². The van der Waals surface area contributed by atoms with Crippen molar-refractivity contribution in [3.8, 4) is 6.07 Å². The van der Waals surface area contributed by atoms with Crippen LogP contribution >= 0.6 is 0 Å². The summed E-state index contributed by atoms with van der Waals surface area (Å²) < 4.78 is 0. The number of hydrogen-bond donors (Lipinski definition) is 1.